The molecular formula is C74H89N5O10. The van der Waals surface area contributed by atoms with Gasteiger partial charge in [-0.05, 0) is 188 Å². The van der Waals surface area contributed by atoms with E-state index in [2.05, 4.69) is 119 Å². The van der Waals surface area contributed by atoms with Gasteiger partial charge >= 0.3 is 0 Å². The lowest BCUT2D eigenvalue weighted by atomic mass is 9.62. The molecule has 10 N–H and O–H groups in total. The summed E-state index contributed by atoms with van der Waals surface area (Å²) >= 11 is 0. The number of H-pyrrole nitrogens is 1. The maximum absolute atomic E-state index is 12.6. The van der Waals surface area contributed by atoms with Crippen molar-refractivity contribution in [1.82, 2.24) is 26.3 Å². The van der Waals surface area contributed by atoms with Gasteiger partial charge in [-0.3, -0.25) is 10.6 Å². The number of benzene rings is 5. The molecule has 2 bridgehead atoms. The van der Waals surface area contributed by atoms with E-state index in [1.165, 1.54) is 23.0 Å². The monoisotopic (exact) mass is 1210 g/mol. The first-order valence-corrected chi connectivity index (χ1v) is 32.9. The smallest absolute Gasteiger partial charge is 0.161 e. The molecule has 3 aliphatic heterocycles. The van der Waals surface area contributed by atoms with Crippen LogP contribution in [0.15, 0.2) is 96.7 Å². The number of phenolic OH excluding ortho intramolecular Hbond substituents is 2. The van der Waals surface area contributed by atoms with Crippen LogP contribution >= 0.6 is 0 Å². The summed E-state index contributed by atoms with van der Waals surface area (Å²) in [6.07, 6.45) is 14.8. The molecule has 4 heterocycles. The van der Waals surface area contributed by atoms with Crippen molar-refractivity contribution in [2.24, 2.45) is 17.3 Å². The topological polar surface area (TPSA) is 219 Å². The second kappa shape index (κ2) is 25.9. The fraction of sp³-hybridized carbons (Fsp3) is 0.500. The Kier molecular flexibility index (Phi) is 17.8. The largest absolute Gasteiger partial charge is 0.507 e. The van der Waals surface area contributed by atoms with E-state index >= 15 is 0 Å². The van der Waals surface area contributed by atoms with Crippen LogP contribution in [0, 0.1) is 29.1 Å². The number of aldehydes is 1. The van der Waals surface area contributed by atoms with Crippen LogP contribution in [0.1, 0.15) is 154 Å². The maximum Gasteiger partial charge on any atom is 0.161 e. The molecule has 2 fully saturated rings. The summed E-state index contributed by atoms with van der Waals surface area (Å²) in [6.45, 7) is 7.65. The van der Waals surface area contributed by atoms with Crippen molar-refractivity contribution in [3.05, 3.63) is 141 Å². The van der Waals surface area contributed by atoms with E-state index in [0.717, 1.165) is 114 Å². The number of fused-ring (bicyclic) bond motifs is 12. The first-order chi connectivity index (χ1) is 43.3. The molecule has 0 amide bonds. The fourth-order valence-corrected chi connectivity index (χ4v) is 16.8. The highest BCUT2D eigenvalue weighted by Crippen LogP contribution is 2.62. The summed E-state index contributed by atoms with van der Waals surface area (Å²) in [6, 6.07) is 27.9. The number of nitrogens with one attached hydrogen (secondary N) is 5. The molecule has 7 aliphatic rings. The number of aromatic nitrogens is 1. The van der Waals surface area contributed by atoms with Gasteiger partial charge in [0.25, 0.3) is 0 Å². The Morgan fingerprint density at radius 3 is 2.51 bits per heavy atom. The molecule has 13 rings (SSSR count). The molecule has 5 aromatic carbocycles. The predicted octanol–water partition coefficient (Wildman–Crippen LogP) is 10.3. The minimum absolute atomic E-state index is 0.0379. The zero-order valence-electron chi connectivity index (χ0n) is 51.8. The molecule has 89 heavy (non-hydrogen) atoms. The number of aromatic amines is 1. The zero-order valence-corrected chi connectivity index (χ0v) is 51.8. The van der Waals surface area contributed by atoms with E-state index < -0.39 is 35.6 Å². The molecule has 4 aliphatic carbocycles. The summed E-state index contributed by atoms with van der Waals surface area (Å²) in [5, 5.41) is 73.2. The van der Waals surface area contributed by atoms with Crippen LogP contribution in [-0.2, 0) is 35.2 Å². The third kappa shape index (κ3) is 12.1. The summed E-state index contributed by atoms with van der Waals surface area (Å²) in [4.78, 5) is 16.0. The van der Waals surface area contributed by atoms with E-state index in [1.54, 1.807) is 12.1 Å². The van der Waals surface area contributed by atoms with Gasteiger partial charge in [0.2, 0.25) is 0 Å². The number of hydrogen-bond acceptors (Lipinski definition) is 14. The Hall–Kier alpha value is -6.71. The maximum atomic E-state index is 12.6. The van der Waals surface area contributed by atoms with E-state index in [9.17, 15) is 30.3 Å². The Morgan fingerprint density at radius 2 is 1.69 bits per heavy atom. The minimum Gasteiger partial charge on any atom is -0.507 e. The molecule has 11 atom stereocenters. The van der Waals surface area contributed by atoms with Gasteiger partial charge in [0.05, 0.1) is 25.5 Å². The quantitative estimate of drug-likeness (QED) is 0.0140. The summed E-state index contributed by atoms with van der Waals surface area (Å²) in [5.41, 5.74) is 9.65. The van der Waals surface area contributed by atoms with Crippen LogP contribution in [0.3, 0.4) is 0 Å². The predicted molar refractivity (Wildman–Crippen MR) is 345 cm³/mol. The van der Waals surface area contributed by atoms with E-state index in [4.69, 9.17) is 18.9 Å². The lowest BCUT2D eigenvalue weighted by Gasteiger charge is -2.50. The van der Waals surface area contributed by atoms with Crippen molar-refractivity contribution in [2.75, 3.05) is 46.2 Å². The lowest BCUT2D eigenvalue weighted by Crippen LogP contribution is -2.62. The van der Waals surface area contributed by atoms with Crippen molar-refractivity contribution < 1.29 is 49.3 Å². The number of carbonyl (C=O) groups excluding carboxylic acids is 1. The van der Waals surface area contributed by atoms with Crippen molar-refractivity contribution in [3.63, 3.8) is 0 Å². The van der Waals surface area contributed by atoms with Crippen LogP contribution < -0.4 is 35.5 Å². The molecule has 2 saturated carbocycles. The number of aliphatic hydroxyl groups excluding tert-OH is 2. The third-order valence-corrected chi connectivity index (χ3v) is 20.8. The van der Waals surface area contributed by atoms with Gasteiger partial charge in [-0.1, -0.05) is 87.1 Å². The van der Waals surface area contributed by atoms with E-state index in [0.29, 0.717) is 62.3 Å². The third-order valence-electron chi connectivity index (χ3n) is 20.8. The van der Waals surface area contributed by atoms with Gasteiger partial charge in [-0.15, -0.1) is 0 Å². The van der Waals surface area contributed by atoms with Crippen molar-refractivity contribution >= 4 is 23.3 Å². The molecule has 470 valence electrons. The van der Waals surface area contributed by atoms with Crippen LogP contribution in [0.25, 0.3) is 28.1 Å². The molecule has 15 heteroatoms. The number of hydrogen-bond donors (Lipinski definition) is 10. The van der Waals surface area contributed by atoms with E-state index in [1.807, 2.05) is 25.3 Å². The number of rotatable bonds is 21. The summed E-state index contributed by atoms with van der Waals surface area (Å²) < 4.78 is 29.2. The lowest BCUT2D eigenvalue weighted by molar-refractivity contribution is -0.145. The highest BCUT2D eigenvalue weighted by Gasteiger charge is 2.56. The standard InChI is InChI=1S/C74H89N5O10/c1-45(2)35-72(3,85)42-76-43-78-65-17-7-16-53(40-81)87-64-33-49(19-24-63(64)84)71-74(65,86-44-79-52-15-9-28-73(36-52)27-8-14-51(73)39-80)37-60-57-34-59-66(48-18-23-61-47(31-48)26-30-77-61)50(38-75-29-10-13-46-11-5-4-6-12-46)32-58-62(83)25-22-55(67(58)59)68(57)70-56(69(60)89-71)21-20-54(41-82)88-70/h4-6,11-12,18-19,22-26,30-33,39,45,51-54,59,65-66,71,75-79,81-85H,8-10,13-16,20-21,27-29,34-38,40-44H2,1-3H3/t51-,52+,53-,54-,59+,65-,66-,71+,72+,73-,74-/m0/s1. The first-order valence-electron chi connectivity index (χ1n) is 32.9. The number of aliphatic hydroxyl groups is 3. The summed E-state index contributed by atoms with van der Waals surface area (Å²) in [5.74, 6) is 8.79. The molecular weight excluding hydrogens is 1120 g/mol. The Bertz CT molecular complexity index is 3640. The van der Waals surface area contributed by atoms with Crippen LogP contribution in [0.4, 0.5) is 0 Å². The minimum atomic E-state index is -1.35. The Balaban J connectivity index is 0.972. The Morgan fingerprint density at radius 1 is 0.865 bits per heavy atom. The van der Waals surface area contributed by atoms with Crippen molar-refractivity contribution in [1.29, 1.82) is 0 Å². The van der Waals surface area contributed by atoms with Crippen molar-refractivity contribution in [2.45, 2.75) is 171 Å². The average Bonchev–Trinajstić information content (AvgIpc) is 0.973. The molecule has 0 saturated heterocycles. The highest BCUT2D eigenvalue weighted by atomic mass is 16.6. The van der Waals surface area contributed by atoms with Crippen LogP contribution in [0.2, 0.25) is 0 Å². The van der Waals surface area contributed by atoms with Gasteiger partial charge < -0.3 is 64.9 Å². The first kappa shape index (κ1) is 61.2. The number of aryl methyl sites for hydroxylation is 1. The molecule has 6 aromatic rings. The van der Waals surface area contributed by atoms with Gasteiger partial charge in [0.15, 0.2) is 17.6 Å². The SMILES string of the molecule is CC(C)C[C@@](C)(O)CNCN[C@H]1C#CC[C@@H](CO)Oc2cc(ccc2O)[C@H]2Oc3c(c4c(c5c3CC[C@@H](CO)O5)-c3ccc(O)c5c3[C@H](C4)[C@@H](c3ccc4[nH]ccc4c3)C(CNCCCc3ccccc3)=C5)C[C@]12OCN[C@@H]1CCC[C@@]2(CCC[C@H]2C=O)C1. The normalized spacial score (nSPS) is 27.2. The van der Waals surface area contributed by atoms with Gasteiger partial charge in [-0.2, -0.15) is 0 Å². The van der Waals surface area contributed by atoms with Crippen LogP contribution in [-0.4, -0.2) is 119 Å². The average molecular weight is 1210 g/mol. The number of aromatic hydroxyl groups is 2. The number of phenols is 2. The van der Waals surface area contributed by atoms with Gasteiger partial charge in [0, 0.05) is 84.4 Å². The zero-order chi connectivity index (χ0) is 61.4. The van der Waals surface area contributed by atoms with Gasteiger partial charge in [-0.25, -0.2) is 0 Å². The molecule has 15 nitrogen and oxygen atoms in total. The molecule has 0 unspecified atom stereocenters. The Labute approximate surface area is 523 Å². The molecule has 1 spiro atoms. The molecule has 0 radical (unpaired) electrons. The summed E-state index contributed by atoms with van der Waals surface area (Å²) in [7, 11) is 0. The number of ether oxygens (including phenoxy) is 4. The van der Waals surface area contributed by atoms with Gasteiger partial charge in [0.1, 0.15) is 47.4 Å². The second-order valence-corrected chi connectivity index (χ2v) is 27.4. The van der Waals surface area contributed by atoms with Crippen LogP contribution in [0.5, 0.6) is 28.7 Å². The molecule has 1 aromatic heterocycles. The van der Waals surface area contributed by atoms with E-state index in [-0.39, 0.29) is 85.4 Å². The fourth-order valence-electron chi connectivity index (χ4n) is 16.8. The number of carbonyl (C=O) groups is 1. The van der Waals surface area contributed by atoms with Crippen molar-refractivity contribution in [3.8, 4) is 51.7 Å². The second-order valence-electron chi connectivity index (χ2n) is 27.4. The highest BCUT2D eigenvalue weighted by molar-refractivity contribution is 5.90.